The Balaban J connectivity index is 0.000000340. The van der Waals surface area contributed by atoms with Crippen LogP contribution in [-0.4, -0.2) is 85.7 Å². The fraction of sp³-hybridized carbons (Fsp3) is 0.238. The lowest BCUT2D eigenvalue weighted by atomic mass is 10.2. The van der Waals surface area contributed by atoms with Gasteiger partial charge in [0.15, 0.2) is 19.6 Å². The molecule has 2 atom stereocenters. The molecular weight excluding hydrogens is 873 g/mol. The number of aryl methyl sites for hydroxylation is 2. The normalized spacial score (nSPS) is 11.8. The molecule has 22 heteroatoms. The number of alkyl carbamates (subject to hydrolysis) is 2. The van der Waals surface area contributed by atoms with Gasteiger partial charge in [-0.2, -0.15) is 0 Å². The minimum absolute atomic E-state index is 0.203. The first-order valence-electron chi connectivity index (χ1n) is 19.0. The monoisotopic (exact) mass is 920 g/mol. The van der Waals surface area contributed by atoms with Gasteiger partial charge in [0.25, 0.3) is 0 Å². The summed E-state index contributed by atoms with van der Waals surface area (Å²) in [4.78, 5) is 79.7. The molecule has 0 heterocycles. The molecular formula is C42H48N8O12S2. The summed E-state index contributed by atoms with van der Waals surface area (Å²) in [5.41, 5.74) is 3.13. The number of aliphatic imine (C=N–C) groups is 2. The Morgan fingerprint density at radius 2 is 0.906 bits per heavy atom. The highest BCUT2D eigenvalue weighted by molar-refractivity contribution is 7.91. The first-order valence-corrected chi connectivity index (χ1v) is 21.3. The van der Waals surface area contributed by atoms with E-state index in [1.54, 1.807) is 68.4 Å². The molecule has 4 rings (SSSR count). The number of ether oxygens (including phenoxy) is 4. The molecule has 0 radical (unpaired) electrons. The zero-order chi connectivity index (χ0) is 47.3. The number of hydrogen-bond acceptors (Lipinski definition) is 12. The highest BCUT2D eigenvalue weighted by Crippen LogP contribution is 2.31. The van der Waals surface area contributed by atoms with Gasteiger partial charge in [0.1, 0.15) is 0 Å². The Morgan fingerprint density at radius 3 is 1.30 bits per heavy atom. The summed E-state index contributed by atoms with van der Waals surface area (Å²) >= 11 is -3.00. The van der Waals surface area contributed by atoms with Crippen LogP contribution in [0.25, 0.3) is 0 Å². The largest absolute Gasteiger partial charge is 0.606 e. The number of amides is 6. The van der Waals surface area contributed by atoms with E-state index < -0.39 is 46.7 Å². The second kappa shape index (κ2) is 25.7. The molecule has 0 saturated heterocycles. The molecule has 6 amide bonds. The van der Waals surface area contributed by atoms with Gasteiger partial charge >= 0.3 is 24.4 Å². The van der Waals surface area contributed by atoms with Crippen LogP contribution in [0, 0.1) is 13.8 Å². The third kappa shape index (κ3) is 16.3. The summed E-state index contributed by atoms with van der Waals surface area (Å²) in [5.74, 6) is -1.16. The summed E-state index contributed by atoms with van der Waals surface area (Å²) in [6, 6.07) is 23.9. The molecule has 0 saturated carbocycles. The lowest BCUT2D eigenvalue weighted by molar-refractivity contribution is -0.116. The molecule has 2 unspecified atom stereocenters. The van der Waals surface area contributed by atoms with E-state index in [-0.39, 0.29) is 59.3 Å². The van der Waals surface area contributed by atoms with Gasteiger partial charge in [0, 0.05) is 47.3 Å². The van der Waals surface area contributed by atoms with E-state index in [0.29, 0.717) is 19.6 Å². The van der Waals surface area contributed by atoms with E-state index in [0.717, 1.165) is 39.6 Å². The van der Waals surface area contributed by atoms with E-state index >= 15 is 0 Å². The van der Waals surface area contributed by atoms with Crippen LogP contribution in [-0.2, 0) is 50.9 Å². The minimum atomic E-state index is -1.50. The maximum absolute atomic E-state index is 13.0. The maximum atomic E-state index is 13.0. The zero-order valence-corrected chi connectivity index (χ0v) is 37.7. The van der Waals surface area contributed by atoms with Crippen molar-refractivity contribution in [3.05, 3.63) is 96.1 Å². The number of benzene rings is 4. The average molecular weight is 921 g/mol. The van der Waals surface area contributed by atoms with Crippen LogP contribution in [0.3, 0.4) is 0 Å². The minimum Gasteiger partial charge on any atom is -0.606 e. The highest BCUT2D eigenvalue weighted by atomic mass is 32.2. The number of carbonyl (C=O) groups is 6. The molecule has 4 aromatic carbocycles. The second-order valence-electron chi connectivity index (χ2n) is 12.7. The van der Waals surface area contributed by atoms with Crippen molar-refractivity contribution < 1.29 is 56.8 Å². The number of nitrogens with one attached hydrogen (secondary N) is 6. The van der Waals surface area contributed by atoms with Crippen LogP contribution < -0.4 is 31.9 Å². The van der Waals surface area contributed by atoms with E-state index in [1.165, 1.54) is 0 Å². The molecule has 0 aromatic heterocycles. The summed E-state index contributed by atoms with van der Waals surface area (Å²) in [6.07, 6.45) is -3.30. The number of methoxy groups -OCH3 is 4. The Morgan fingerprint density at radius 1 is 0.500 bits per heavy atom. The van der Waals surface area contributed by atoms with Crippen molar-refractivity contribution in [2.75, 3.05) is 49.7 Å². The average Bonchev–Trinajstić information content (AvgIpc) is 3.29. The molecule has 6 N–H and O–H groups in total. The molecule has 0 spiro atoms. The van der Waals surface area contributed by atoms with Crippen molar-refractivity contribution in [2.24, 2.45) is 9.98 Å². The van der Waals surface area contributed by atoms with Crippen LogP contribution in [0.1, 0.15) is 37.8 Å². The van der Waals surface area contributed by atoms with Gasteiger partial charge in [-0.3, -0.25) is 20.2 Å². The van der Waals surface area contributed by atoms with E-state index in [9.17, 15) is 37.9 Å². The van der Waals surface area contributed by atoms with E-state index in [2.05, 4.69) is 60.8 Å². The van der Waals surface area contributed by atoms with Gasteiger partial charge in [0.2, 0.25) is 23.7 Å². The number of rotatable bonds is 10. The van der Waals surface area contributed by atoms with Crippen LogP contribution in [0.5, 0.6) is 0 Å². The Kier molecular flexibility index (Phi) is 20.6. The summed E-state index contributed by atoms with van der Waals surface area (Å²) < 4.78 is 44.0. The fourth-order valence-electron chi connectivity index (χ4n) is 4.84. The highest BCUT2D eigenvalue weighted by Gasteiger charge is 2.21. The third-order valence-electron chi connectivity index (χ3n) is 8.11. The lowest BCUT2D eigenvalue weighted by Crippen LogP contribution is -2.36. The van der Waals surface area contributed by atoms with Crippen molar-refractivity contribution in [3.63, 3.8) is 0 Å². The standard InChI is InChI=1S/2C21H24N4O6S/c1-5-18(26)22-17-12-15(32(29)14-8-6-13(2)7-9-14)10-11-16(17)23-19(24-20(27)30-3)25-21(28)31-4;1-5-18(26)22-17-12-15(32(29)14-8-6-7-13(2)11-14)9-10-16(17)23-19(24-20(27)30-3)25-21(28)31-4/h2*6-12H,5H2,1-4H3,(H,22,26)(H2,23,24,25,27,28). The summed E-state index contributed by atoms with van der Waals surface area (Å²) in [7, 11) is 4.55. The number of hydrogen-bond donors (Lipinski definition) is 6. The van der Waals surface area contributed by atoms with Crippen molar-refractivity contribution in [3.8, 4) is 0 Å². The van der Waals surface area contributed by atoms with Crippen LogP contribution in [0.15, 0.2) is 114 Å². The fourth-order valence-corrected chi connectivity index (χ4v) is 7.10. The van der Waals surface area contributed by atoms with E-state index in [4.69, 9.17) is 0 Å². The number of nitrogens with zero attached hydrogens (tertiary/aromatic N) is 2. The van der Waals surface area contributed by atoms with Crippen molar-refractivity contribution in [2.45, 2.75) is 60.1 Å². The lowest BCUT2D eigenvalue weighted by Gasteiger charge is -2.17. The molecule has 64 heavy (non-hydrogen) atoms. The molecule has 0 fully saturated rings. The topological polar surface area (TPSA) is 282 Å². The van der Waals surface area contributed by atoms with Crippen LogP contribution in [0.2, 0.25) is 0 Å². The van der Waals surface area contributed by atoms with Gasteiger partial charge in [-0.1, -0.05) is 43.7 Å². The predicted octanol–water partition coefficient (Wildman–Crippen LogP) is 6.80. The van der Waals surface area contributed by atoms with Crippen molar-refractivity contribution in [1.82, 2.24) is 10.6 Å². The summed E-state index contributed by atoms with van der Waals surface area (Å²) in [6.45, 7) is 7.19. The molecule has 0 aliphatic heterocycles. The van der Waals surface area contributed by atoms with Crippen molar-refractivity contribution >= 4 is 93.2 Å². The Labute approximate surface area is 375 Å². The molecule has 340 valence electrons. The first-order chi connectivity index (χ1) is 30.5. The SMILES string of the molecule is CCC(=O)Nc1cc([S+]([O-])c2ccc(C)cc2)ccc1NC(=NC(=O)OC)NC(=O)OC.CCC(=O)Nc1cc([S+]([O-])c2cccc(C)c2)ccc1NC(=NC(=O)OC)NC(=O)OC. The predicted molar refractivity (Wildman–Crippen MR) is 240 cm³/mol. The number of guanidine groups is 2. The van der Waals surface area contributed by atoms with Gasteiger partial charge in [0.05, 0.1) is 51.2 Å². The van der Waals surface area contributed by atoms with Crippen LogP contribution in [0.4, 0.5) is 41.9 Å². The zero-order valence-electron chi connectivity index (χ0n) is 36.1. The molecule has 0 aliphatic carbocycles. The molecule has 0 bridgehead atoms. The Bertz CT molecular complexity index is 2360. The van der Waals surface area contributed by atoms with E-state index in [1.807, 2.05) is 44.2 Å². The van der Waals surface area contributed by atoms with Gasteiger partial charge in [-0.05, 0) is 67.9 Å². The van der Waals surface area contributed by atoms with Gasteiger partial charge in [-0.15, -0.1) is 9.98 Å². The summed E-state index contributed by atoms with van der Waals surface area (Å²) in [5, 5.41) is 15.4. The molecule has 0 aliphatic rings. The molecule has 4 aromatic rings. The Hall–Kier alpha value is -7.14. The molecule has 20 nitrogen and oxygen atoms in total. The smallest absolute Gasteiger partial charge is 0.436 e. The van der Waals surface area contributed by atoms with Gasteiger partial charge in [-0.25, -0.2) is 19.2 Å². The maximum Gasteiger partial charge on any atom is 0.436 e. The number of anilines is 4. The first kappa shape index (κ1) is 51.2. The van der Waals surface area contributed by atoms with Crippen molar-refractivity contribution in [1.29, 1.82) is 0 Å². The van der Waals surface area contributed by atoms with Crippen LogP contribution >= 0.6 is 0 Å². The third-order valence-corrected chi connectivity index (χ3v) is 10.9. The number of carbonyl (C=O) groups excluding carboxylic acids is 6. The quantitative estimate of drug-likeness (QED) is 0.0413. The van der Waals surface area contributed by atoms with Gasteiger partial charge < -0.3 is 49.3 Å². The second-order valence-corrected chi connectivity index (χ2v) is 15.7.